The Morgan fingerprint density at radius 2 is 2.18 bits per heavy atom. The number of carbonyl (C=O) groups excluding carboxylic acids is 1. The fourth-order valence-electron chi connectivity index (χ4n) is 3.14. The van der Waals surface area contributed by atoms with Gasteiger partial charge in [0.2, 0.25) is 17.4 Å². The Morgan fingerprint density at radius 1 is 1.36 bits per heavy atom. The molecule has 1 fully saturated rings. The molecule has 4 rings (SSSR count). The van der Waals surface area contributed by atoms with Gasteiger partial charge in [-0.1, -0.05) is 11.6 Å². The summed E-state index contributed by atoms with van der Waals surface area (Å²) in [4.78, 5) is 34.4. The molecule has 144 valence electrons. The third kappa shape index (κ3) is 3.61. The van der Waals surface area contributed by atoms with E-state index in [0.717, 1.165) is 12.8 Å². The van der Waals surface area contributed by atoms with Gasteiger partial charge in [0.15, 0.2) is 0 Å². The number of hydrogen-bond donors (Lipinski definition) is 3. The van der Waals surface area contributed by atoms with E-state index in [1.165, 1.54) is 12.3 Å². The van der Waals surface area contributed by atoms with Crippen LogP contribution in [0.1, 0.15) is 12.8 Å². The van der Waals surface area contributed by atoms with Crippen molar-refractivity contribution in [3.8, 4) is 16.9 Å². The van der Waals surface area contributed by atoms with Crippen LogP contribution in [0, 0.1) is 5.92 Å². The standard InChI is InChI=1S/C18H18ClN7O2/c1-20-17(28)10-4-12(5-10)24-18-22-8-14(19)16(25-18)11-7-23-26(9-11)13-2-3-21-15(27)6-13/h2-3,6-10,12H,4-5H2,1H3,(H,20,28)(H,21,27)(H,22,24,25). The number of carbonyl (C=O) groups is 1. The predicted molar refractivity (Wildman–Crippen MR) is 104 cm³/mol. The van der Waals surface area contributed by atoms with Crippen LogP contribution in [-0.4, -0.2) is 43.7 Å². The van der Waals surface area contributed by atoms with Gasteiger partial charge >= 0.3 is 0 Å². The molecule has 1 amide bonds. The minimum Gasteiger partial charge on any atom is -0.359 e. The highest BCUT2D eigenvalue weighted by molar-refractivity contribution is 6.32. The van der Waals surface area contributed by atoms with E-state index in [-0.39, 0.29) is 23.4 Å². The maximum absolute atomic E-state index is 11.6. The zero-order chi connectivity index (χ0) is 19.7. The van der Waals surface area contributed by atoms with Gasteiger partial charge in [-0.05, 0) is 18.9 Å². The van der Waals surface area contributed by atoms with Crippen LogP contribution >= 0.6 is 11.6 Å². The Morgan fingerprint density at radius 3 is 2.93 bits per heavy atom. The lowest BCUT2D eigenvalue weighted by molar-refractivity contribution is -0.127. The molecule has 3 aromatic rings. The van der Waals surface area contributed by atoms with Crippen LogP contribution in [0.3, 0.4) is 0 Å². The molecule has 28 heavy (non-hydrogen) atoms. The summed E-state index contributed by atoms with van der Waals surface area (Å²) in [6, 6.07) is 3.34. The van der Waals surface area contributed by atoms with Crippen molar-refractivity contribution in [3.63, 3.8) is 0 Å². The molecule has 0 saturated heterocycles. The van der Waals surface area contributed by atoms with Crippen LogP contribution in [0.5, 0.6) is 0 Å². The second-order valence-electron chi connectivity index (χ2n) is 6.60. The summed E-state index contributed by atoms with van der Waals surface area (Å²) in [7, 11) is 1.64. The van der Waals surface area contributed by atoms with Crippen molar-refractivity contribution in [1.29, 1.82) is 0 Å². The molecule has 0 bridgehead atoms. The molecule has 0 atom stereocenters. The number of nitrogens with one attached hydrogen (secondary N) is 3. The first-order valence-electron chi connectivity index (χ1n) is 8.78. The van der Waals surface area contributed by atoms with Gasteiger partial charge in [-0.25, -0.2) is 14.6 Å². The molecular formula is C18H18ClN7O2. The van der Waals surface area contributed by atoms with Gasteiger partial charge in [-0.2, -0.15) is 5.10 Å². The largest absolute Gasteiger partial charge is 0.359 e. The first-order valence-corrected chi connectivity index (χ1v) is 9.16. The number of aromatic amines is 1. The van der Waals surface area contributed by atoms with Gasteiger partial charge in [0.05, 0.1) is 28.8 Å². The summed E-state index contributed by atoms with van der Waals surface area (Å²) in [5, 5.41) is 10.6. The summed E-state index contributed by atoms with van der Waals surface area (Å²) < 4.78 is 1.58. The lowest BCUT2D eigenvalue weighted by Crippen LogP contribution is -2.43. The van der Waals surface area contributed by atoms with Crippen LogP contribution in [0.2, 0.25) is 5.02 Å². The van der Waals surface area contributed by atoms with Crippen molar-refractivity contribution in [3.05, 3.63) is 52.3 Å². The van der Waals surface area contributed by atoms with Crippen LogP contribution in [0.4, 0.5) is 5.95 Å². The maximum atomic E-state index is 11.6. The lowest BCUT2D eigenvalue weighted by atomic mass is 9.80. The Bertz CT molecular complexity index is 1070. The zero-order valence-electron chi connectivity index (χ0n) is 15.0. The van der Waals surface area contributed by atoms with Gasteiger partial charge in [0, 0.05) is 43.0 Å². The Hall–Kier alpha value is -3.20. The van der Waals surface area contributed by atoms with Crippen LogP contribution in [0.25, 0.3) is 16.9 Å². The minimum atomic E-state index is -0.211. The molecule has 9 nitrogen and oxygen atoms in total. The molecule has 10 heteroatoms. The molecule has 0 spiro atoms. The summed E-state index contributed by atoms with van der Waals surface area (Å²) in [6.45, 7) is 0. The molecule has 1 aliphatic rings. The van der Waals surface area contributed by atoms with E-state index in [9.17, 15) is 9.59 Å². The molecular weight excluding hydrogens is 382 g/mol. The van der Waals surface area contributed by atoms with Gasteiger partial charge < -0.3 is 15.6 Å². The second-order valence-corrected chi connectivity index (χ2v) is 7.01. The van der Waals surface area contributed by atoms with E-state index in [4.69, 9.17) is 11.6 Å². The van der Waals surface area contributed by atoms with Crippen molar-refractivity contribution in [1.82, 2.24) is 30.0 Å². The Labute approximate surface area is 165 Å². The van der Waals surface area contributed by atoms with Gasteiger partial charge in [0.1, 0.15) is 0 Å². The molecule has 3 heterocycles. The number of nitrogens with zero attached hydrogens (tertiary/aromatic N) is 4. The van der Waals surface area contributed by atoms with Crippen molar-refractivity contribution in [2.75, 3.05) is 12.4 Å². The number of rotatable bonds is 5. The summed E-state index contributed by atoms with van der Waals surface area (Å²) >= 11 is 6.28. The number of hydrogen-bond acceptors (Lipinski definition) is 6. The molecule has 1 aliphatic carbocycles. The van der Waals surface area contributed by atoms with E-state index in [2.05, 4.69) is 30.7 Å². The lowest BCUT2D eigenvalue weighted by Gasteiger charge is -2.34. The topological polar surface area (TPSA) is 118 Å². The molecule has 0 aromatic carbocycles. The van der Waals surface area contributed by atoms with Crippen molar-refractivity contribution in [2.24, 2.45) is 5.92 Å². The van der Waals surface area contributed by atoms with Crippen molar-refractivity contribution < 1.29 is 4.79 Å². The monoisotopic (exact) mass is 399 g/mol. The molecule has 3 aromatic heterocycles. The summed E-state index contributed by atoms with van der Waals surface area (Å²) in [6.07, 6.45) is 7.94. The van der Waals surface area contributed by atoms with E-state index in [1.807, 2.05) is 0 Å². The first kappa shape index (κ1) is 18.2. The third-order valence-electron chi connectivity index (χ3n) is 4.71. The van der Waals surface area contributed by atoms with Crippen LogP contribution in [-0.2, 0) is 4.79 Å². The predicted octanol–water partition coefficient (Wildman–Crippen LogP) is 1.61. The number of amides is 1. The van der Waals surface area contributed by atoms with E-state index in [1.54, 1.807) is 36.4 Å². The fraction of sp³-hybridized carbons (Fsp3) is 0.278. The number of H-pyrrole nitrogens is 1. The molecule has 0 aliphatic heterocycles. The number of aromatic nitrogens is 5. The van der Waals surface area contributed by atoms with Crippen molar-refractivity contribution >= 4 is 23.5 Å². The van der Waals surface area contributed by atoms with Gasteiger partial charge in [-0.3, -0.25) is 9.59 Å². The van der Waals surface area contributed by atoms with Crippen LogP contribution < -0.4 is 16.2 Å². The van der Waals surface area contributed by atoms with Crippen molar-refractivity contribution in [2.45, 2.75) is 18.9 Å². The SMILES string of the molecule is CNC(=O)C1CC(Nc2ncc(Cl)c(-c3cnn(-c4cc[nH]c(=O)c4)c3)n2)C1. The quantitative estimate of drug-likeness (QED) is 0.600. The third-order valence-corrected chi connectivity index (χ3v) is 4.99. The minimum absolute atomic E-state index is 0.0292. The Kier molecular flexibility index (Phi) is 4.82. The van der Waals surface area contributed by atoms with Gasteiger partial charge in [-0.15, -0.1) is 0 Å². The number of anilines is 1. The average Bonchev–Trinajstić information content (AvgIpc) is 3.15. The highest BCUT2D eigenvalue weighted by Crippen LogP contribution is 2.31. The molecule has 0 radical (unpaired) electrons. The second kappa shape index (κ2) is 7.43. The summed E-state index contributed by atoms with van der Waals surface area (Å²) in [5.74, 6) is 0.535. The van der Waals surface area contributed by atoms with Gasteiger partial charge in [0.25, 0.3) is 0 Å². The molecule has 1 saturated carbocycles. The fourth-order valence-corrected chi connectivity index (χ4v) is 3.34. The smallest absolute Gasteiger partial charge is 0.250 e. The maximum Gasteiger partial charge on any atom is 0.250 e. The highest BCUT2D eigenvalue weighted by atomic mass is 35.5. The average molecular weight is 400 g/mol. The van der Waals surface area contributed by atoms with Crippen LogP contribution in [0.15, 0.2) is 41.7 Å². The van der Waals surface area contributed by atoms with E-state index >= 15 is 0 Å². The highest BCUT2D eigenvalue weighted by Gasteiger charge is 2.34. The first-order chi connectivity index (χ1) is 13.5. The molecule has 3 N–H and O–H groups in total. The number of halogens is 1. The number of pyridine rings is 1. The Balaban J connectivity index is 1.52. The summed E-state index contributed by atoms with van der Waals surface area (Å²) in [5.41, 5.74) is 1.66. The molecule has 0 unspecified atom stereocenters. The van der Waals surface area contributed by atoms with E-state index in [0.29, 0.717) is 27.9 Å². The zero-order valence-corrected chi connectivity index (χ0v) is 15.8. The normalized spacial score (nSPS) is 18.4. The van der Waals surface area contributed by atoms with E-state index < -0.39 is 0 Å².